The van der Waals surface area contributed by atoms with E-state index in [0.29, 0.717) is 0 Å². The van der Waals surface area contributed by atoms with Crippen LogP contribution in [0.4, 0.5) is 0 Å². The van der Waals surface area contributed by atoms with Crippen LogP contribution in [0.5, 0.6) is 0 Å². The largest absolute Gasteiger partial charge is 0.480 e. The van der Waals surface area contributed by atoms with Gasteiger partial charge < -0.3 is 5.11 Å². The first kappa shape index (κ1) is 13.5. The molecule has 0 saturated carbocycles. The SMILES string of the molecule is CCCC(C(=O)O)N1CCN(C)C(C)(C)C1. The van der Waals surface area contributed by atoms with Gasteiger partial charge in [-0.2, -0.15) is 0 Å². The Kier molecular flexibility index (Phi) is 4.33. The van der Waals surface area contributed by atoms with Gasteiger partial charge in [-0.3, -0.25) is 14.6 Å². The Bertz CT molecular complexity index is 253. The lowest BCUT2D eigenvalue weighted by atomic mass is 9.97. The molecule has 0 spiro atoms. The van der Waals surface area contributed by atoms with E-state index in [2.05, 4.69) is 30.7 Å². The van der Waals surface area contributed by atoms with Gasteiger partial charge >= 0.3 is 5.97 Å². The maximum Gasteiger partial charge on any atom is 0.320 e. The lowest BCUT2D eigenvalue weighted by Crippen LogP contribution is -2.61. The number of hydrogen-bond acceptors (Lipinski definition) is 3. The van der Waals surface area contributed by atoms with Crippen molar-refractivity contribution in [2.45, 2.75) is 45.2 Å². The van der Waals surface area contributed by atoms with Gasteiger partial charge in [0.1, 0.15) is 6.04 Å². The average molecular weight is 228 g/mol. The maximum atomic E-state index is 11.2. The lowest BCUT2D eigenvalue weighted by Gasteiger charge is -2.47. The van der Waals surface area contributed by atoms with E-state index < -0.39 is 5.97 Å². The van der Waals surface area contributed by atoms with E-state index in [0.717, 1.165) is 32.5 Å². The minimum atomic E-state index is -0.679. The smallest absolute Gasteiger partial charge is 0.320 e. The molecule has 1 rings (SSSR count). The molecule has 0 aromatic rings. The fourth-order valence-corrected chi connectivity index (χ4v) is 2.28. The van der Waals surface area contributed by atoms with Crippen molar-refractivity contribution in [3.8, 4) is 0 Å². The Balaban J connectivity index is 2.69. The summed E-state index contributed by atoms with van der Waals surface area (Å²) in [7, 11) is 2.10. The molecule has 0 bridgehead atoms. The topological polar surface area (TPSA) is 43.8 Å². The summed E-state index contributed by atoms with van der Waals surface area (Å²) >= 11 is 0. The van der Waals surface area contributed by atoms with Crippen molar-refractivity contribution in [1.29, 1.82) is 0 Å². The predicted molar refractivity (Wildman–Crippen MR) is 64.6 cm³/mol. The molecule has 1 fully saturated rings. The normalized spacial score (nSPS) is 24.2. The van der Waals surface area contributed by atoms with Gasteiger partial charge in [0.05, 0.1) is 0 Å². The Morgan fingerprint density at radius 2 is 2.06 bits per heavy atom. The van der Waals surface area contributed by atoms with E-state index in [-0.39, 0.29) is 11.6 Å². The number of aliphatic carboxylic acids is 1. The van der Waals surface area contributed by atoms with Crippen molar-refractivity contribution < 1.29 is 9.90 Å². The van der Waals surface area contributed by atoms with E-state index >= 15 is 0 Å². The second-order valence-electron chi connectivity index (χ2n) is 5.35. The van der Waals surface area contributed by atoms with E-state index in [1.807, 2.05) is 6.92 Å². The number of likely N-dealkylation sites (N-methyl/N-ethyl adjacent to an activating group) is 1. The highest BCUT2D eigenvalue weighted by atomic mass is 16.4. The van der Waals surface area contributed by atoms with E-state index in [1.165, 1.54) is 0 Å². The van der Waals surface area contributed by atoms with Crippen LogP contribution in [0.1, 0.15) is 33.6 Å². The van der Waals surface area contributed by atoms with Gasteiger partial charge in [0, 0.05) is 25.2 Å². The van der Waals surface area contributed by atoms with Crippen molar-refractivity contribution in [3.05, 3.63) is 0 Å². The number of nitrogens with zero attached hydrogens (tertiary/aromatic N) is 2. The molecule has 1 aliphatic rings. The molecule has 0 aliphatic carbocycles. The van der Waals surface area contributed by atoms with Crippen LogP contribution in [0.15, 0.2) is 0 Å². The zero-order valence-electron chi connectivity index (χ0n) is 10.9. The fraction of sp³-hybridized carbons (Fsp3) is 0.917. The van der Waals surface area contributed by atoms with Crippen molar-refractivity contribution in [1.82, 2.24) is 9.80 Å². The molecular weight excluding hydrogens is 204 g/mol. The highest BCUT2D eigenvalue weighted by molar-refractivity contribution is 5.73. The first-order valence-corrected chi connectivity index (χ1v) is 6.06. The summed E-state index contributed by atoms with van der Waals surface area (Å²) < 4.78 is 0. The van der Waals surface area contributed by atoms with Gasteiger partial charge in [0.25, 0.3) is 0 Å². The molecule has 1 saturated heterocycles. The monoisotopic (exact) mass is 228 g/mol. The molecule has 1 unspecified atom stereocenters. The number of carbonyl (C=O) groups is 1. The third-order valence-electron chi connectivity index (χ3n) is 3.63. The van der Waals surface area contributed by atoms with Crippen LogP contribution in [0.3, 0.4) is 0 Å². The molecule has 1 atom stereocenters. The first-order chi connectivity index (χ1) is 7.38. The van der Waals surface area contributed by atoms with Crippen LogP contribution in [0, 0.1) is 0 Å². The Hall–Kier alpha value is -0.610. The van der Waals surface area contributed by atoms with Crippen molar-refractivity contribution in [2.24, 2.45) is 0 Å². The number of carboxylic acid groups (broad SMARTS) is 1. The quantitative estimate of drug-likeness (QED) is 0.787. The van der Waals surface area contributed by atoms with E-state index in [1.54, 1.807) is 0 Å². The van der Waals surface area contributed by atoms with Crippen molar-refractivity contribution >= 4 is 5.97 Å². The predicted octanol–water partition coefficient (Wildman–Crippen LogP) is 1.27. The van der Waals surface area contributed by atoms with Crippen LogP contribution in [-0.4, -0.2) is 59.1 Å². The zero-order valence-corrected chi connectivity index (χ0v) is 10.9. The second-order valence-corrected chi connectivity index (χ2v) is 5.35. The summed E-state index contributed by atoms with van der Waals surface area (Å²) in [5.41, 5.74) is 0.0691. The van der Waals surface area contributed by atoms with Crippen LogP contribution in [0.25, 0.3) is 0 Å². The third-order valence-corrected chi connectivity index (χ3v) is 3.63. The van der Waals surface area contributed by atoms with Crippen LogP contribution in [0.2, 0.25) is 0 Å². The van der Waals surface area contributed by atoms with Crippen LogP contribution in [-0.2, 0) is 4.79 Å². The van der Waals surface area contributed by atoms with Crippen LogP contribution < -0.4 is 0 Å². The van der Waals surface area contributed by atoms with Gasteiger partial charge in [0.15, 0.2) is 0 Å². The molecule has 94 valence electrons. The summed E-state index contributed by atoms with van der Waals surface area (Å²) in [5.74, 6) is -0.679. The standard InChI is InChI=1S/C12H24N2O2/c1-5-6-10(11(15)16)14-8-7-13(4)12(2,3)9-14/h10H,5-9H2,1-4H3,(H,15,16). The molecule has 16 heavy (non-hydrogen) atoms. The second kappa shape index (κ2) is 5.15. The van der Waals surface area contributed by atoms with Crippen molar-refractivity contribution in [2.75, 3.05) is 26.7 Å². The molecule has 1 heterocycles. The summed E-state index contributed by atoms with van der Waals surface area (Å²) in [4.78, 5) is 15.6. The zero-order chi connectivity index (χ0) is 12.3. The molecule has 1 aliphatic heterocycles. The average Bonchev–Trinajstić information content (AvgIpc) is 2.18. The maximum absolute atomic E-state index is 11.2. The number of hydrogen-bond donors (Lipinski definition) is 1. The lowest BCUT2D eigenvalue weighted by molar-refractivity contribution is -0.145. The Morgan fingerprint density at radius 3 is 2.50 bits per heavy atom. The minimum Gasteiger partial charge on any atom is -0.480 e. The van der Waals surface area contributed by atoms with Gasteiger partial charge in [0.2, 0.25) is 0 Å². The van der Waals surface area contributed by atoms with Crippen molar-refractivity contribution in [3.63, 3.8) is 0 Å². The highest BCUT2D eigenvalue weighted by Crippen LogP contribution is 2.22. The Labute approximate surface area is 98.2 Å². The molecule has 4 heteroatoms. The van der Waals surface area contributed by atoms with Gasteiger partial charge in [-0.05, 0) is 27.3 Å². The number of rotatable bonds is 4. The number of piperazine rings is 1. The molecule has 0 aromatic carbocycles. The highest BCUT2D eigenvalue weighted by Gasteiger charge is 2.36. The molecular formula is C12H24N2O2. The Morgan fingerprint density at radius 1 is 1.44 bits per heavy atom. The van der Waals surface area contributed by atoms with Gasteiger partial charge in [-0.15, -0.1) is 0 Å². The molecule has 4 nitrogen and oxygen atoms in total. The molecule has 0 amide bonds. The minimum absolute atomic E-state index is 0.0691. The third kappa shape index (κ3) is 2.95. The molecule has 1 N–H and O–H groups in total. The van der Waals surface area contributed by atoms with E-state index in [9.17, 15) is 9.90 Å². The number of carboxylic acids is 1. The summed E-state index contributed by atoms with van der Waals surface area (Å²) in [6, 6.07) is -0.307. The first-order valence-electron chi connectivity index (χ1n) is 6.06. The van der Waals surface area contributed by atoms with Gasteiger partial charge in [-0.25, -0.2) is 0 Å². The summed E-state index contributed by atoms with van der Waals surface area (Å²) in [5, 5.41) is 9.24. The van der Waals surface area contributed by atoms with E-state index in [4.69, 9.17) is 0 Å². The molecule has 0 radical (unpaired) electrons. The van der Waals surface area contributed by atoms with Gasteiger partial charge in [-0.1, -0.05) is 13.3 Å². The fourth-order valence-electron chi connectivity index (χ4n) is 2.28. The summed E-state index contributed by atoms with van der Waals surface area (Å²) in [6.07, 6.45) is 1.67. The molecule has 0 aromatic heterocycles. The summed E-state index contributed by atoms with van der Waals surface area (Å²) in [6.45, 7) is 9.02. The van der Waals surface area contributed by atoms with Crippen LogP contribution >= 0.6 is 0 Å².